The zero-order valence-corrected chi connectivity index (χ0v) is 12.3. The van der Waals surface area contributed by atoms with Crippen LogP contribution in [0, 0.1) is 5.82 Å². The van der Waals surface area contributed by atoms with Gasteiger partial charge in [0.1, 0.15) is 5.82 Å². The summed E-state index contributed by atoms with van der Waals surface area (Å²) in [5, 5.41) is 3.15. The maximum absolute atomic E-state index is 13.1. The number of hydrogen-bond acceptors (Lipinski definition) is 5. The zero-order valence-electron chi connectivity index (χ0n) is 12.3. The molecule has 0 saturated heterocycles. The monoisotopic (exact) mass is 313 g/mol. The van der Waals surface area contributed by atoms with E-state index in [1.807, 2.05) is 18.2 Å². The predicted molar refractivity (Wildman–Crippen MR) is 83.8 cm³/mol. The van der Waals surface area contributed by atoms with Gasteiger partial charge in [0.25, 0.3) is 0 Å². The molecule has 5 nitrogen and oxygen atoms in total. The summed E-state index contributed by atoms with van der Waals surface area (Å²) in [5.74, 6) is 1.61. The summed E-state index contributed by atoms with van der Waals surface area (Å²) in [6.07, 6.45) is 0.728. The van der Waals surface area contributed by atoms with Gasteiger partial charge < -0.3 is 20.5 Å². The molecule has 3 N–H and O–H groups in total. The first kappa shape index (κ1) is 13.9. The fourth-order valence-electron chi connectivity index (χ4n) is 2.96. The van der Waals surface area contributed by atoms with Crippen molar-refractivity contribution >= 4 is 5.96 Å². The highest BCUT2D eigenvalue weighted by molar-refractivity contribution is 5.79. The molecule has 2 aliphatic heterocycles. The second kappa shape index (κ2) is 5.46. The van der Waals surface area contributed by atoms with Gasteiger partial charge >= 0.3 is 0 Å². The Morgan fingerprint density at radius 2 is 1.78 bits per heavy atom. The van der Waals surface area contributed by atoms with Crippen molar-refractivity contribution in [2.75, 3.05) is 6.79 Å². The smallest absolute Gasteiger partial charge is 0.231 e. The van der Waals surface area contributed by atoms with Crippen LogP contribution < -0.4 is 20.5 Å². The second-order valence-corrected chi connectivity index (χ2v) is 5.63. The van der Waals surface area contributed by atoms with Gasteiger partial charge in [-0.3, -0.25) is 0 Å². The molecule has 6 heteroatoms. The Morgan fingerprint density at radius 3 is 2.61 bits per heavy atom. The van der Waals surface area contributed by atoms with E-state index in [2.05, 4.69) is 10.3 Å². The Balaban J connectivity index is 1.61. The Bertz CT molecular complexity index is 761. The molecule has 2 heterocycles. The number of rotatable bonds is 2. The lowest BCUT2D eigenvalue weighted by Crippen LogP contribution is -2.39. The Labute approximate surface area is 132 Å². The van der Waals surface area contributed by atoms with Crippen molar-refractivity contribution in [3.8, 4) is 11.5 Å². The van der Waals surface area contributed by atoms with E-state index in [1.54, 1.807) is 12.1 Å². The van der Waals surface area contributed by atoms with Gasteiger partial charge in [0.2, 0.25) is 6.79 Å². The predicted octanol–water partition coefficient (Wildman–Crippen LogP) is 2.64. The van der Waals surface area contributed by atoms with Gasteiger partial charge in [0.05, 0.1) is 12.1 Å². The van der Waals surface area contributed by atoms with Crippen LogP contribution in [0.5, 0.6) is 11.5 Å². The molecule has 4 rings (SSSR count). The number of nitrogens with two attached hydrogens (primary N) is 1. The number of hydrogen-bond donors (Lipinski definition) is 2. The van der Waals surface area contributed by atoms with E-state index in [0.717, 1.165) is 29.0 Å². The molecule has 2 aromatic carbocycles. The van der Waals surface area contributed by atoms with Crippen molar-refractivity contribution in [3.63, 3.8) is 0 Å². The maximum atomic E-state index is 13.1. The standard InChI is InChI=1S/C17H16FN3O2/c18-12-4-1-10(2-5-12)13-8-14(21-17(19)20-13)11-3-6-15-16(7-11)23-9-22-15/h1-7,13-14H,8-9H2,(H3,19,20,21). The maximum Gasteiger partial charge on any atom is 0.231 e. The SMILES string of the molecule is NC1=NC(c2ccc3c(c2)OCO3)CC(c2ccc(F)cc2)N1. The molecule has 0 saturated carbocycles. The van der Waals surface area contributed by atoms with Gasteiger partial charge in [-0.1, -0.05) is 18.2 Å². The van der Waals surface area contributed by atoms with Crippen LogP contribution in [0.3, 0.4) is 0 Å². The van der Waals surface area contributed by atoms with Crippen molar-refractivity contribution in [2.45, 2.75) is 18.5 Å². The van der Waals surface area contributed by atoms with Crippen LogP contribution in [0.2, 0.25) is 0 Å². The van der Waals surface area contributed by atoms with Gasteiger partial charge in [-0.05, 0) is 41.8 Å². The van der Waals surface area contributed by atoms with E-state index in [0.29, 0.717) is 5.96 Å². The lowest BCUT2D eigenvalue weighted by molar-refractivity contribution is 0.174. The molecule has 2 aliphatic rings. The number of benzene rings is 2. The van der Waals surface area contributed by atoms with Crippen LogP contribution in [-0.4, -0.2) is 12.8 Å². The minimum Gasteiger partial charge on any atom is -0.454 e. The number of ether oxygens (including phenoxy) is 2. The van der Waals surface area contributed by atoms with E-state index >= 15 is 0 Å². The van der Waals surface area contributed by atoms with Crippen LogP contribution in [-0.2, 0) is 0 Å². The fourth-order valence-corrected chi connectivity index (χ4v) is 2.96. The summed E-state index contributed by atoms with van der Waals surface area (Å²) in [6.45, 7) is 0.245. The summed E-state index contributed by atoms with van der Waals surface area (Å²) in [6, 6.07) is 12.1. The topological polar surface area (TPSA) is 68.9 Å². The van der Waals surface area contributed by atoms with Crippen molar-refractivity contribution in [3.05, 3.63) is 59.4 Å². The van der Waals surface area contributed by atoms with Crippen molar-refractivity contribution in [1.82, 2.24) is 5.32 Å². The van der Waals surface area contributed by atoms with E-state index in [1.165, 1.54) is 12.1 Å². The minimum atomic E-state index is -0.251. The van der Waals surface area contributed by atoms with Gasteiger partial charge in [0.15, 0.2) is 17.5 Å². The lowest BCUT2D eigenvalue weighted by atomic mass is 9.93. The third kappa shape index (κ3) is 2.67. The molecule has 0 fully saturated rings. The van der Waals surface area contributed by atoms with Crippen LogP contribution in [0.15, 0.2) is 47.5 Å². The Kier molecular flexibility index (Phi) is 3.29. The third-order valence-electron chi connectivity index (χ3n) is 4.13. The molecule has 118 valence electrons. The number of halogens is 1. The first-order valence-corrected chi connectivity index (χ1v) is 7.44. The summed E-state index contributed by atoms with van der Waals surface area (Å²) in [4.78, 5) is 4.48. The number of nitrogens with one attached hydrogen (secondary N) is 1. The molecule has 0 radical (unpaired) electrons. The molecular weight excluding hydrogens is 297 g/mol. The molecule has 23 heavy (non-hydrogen) atoms. The quantitative estimate of drug-likeness (QED) is 0.894. The van der Waals surface area contributed by atoms with Crippen molar-refractivity contribution < 1.29 is 13.9 Å². The fraction of sp³-hybridized carbons (Fsp3) is 0.235. The molecule has 0 aromatic heterocycles. The first-order valence-electron chi connectivity index (χ1n) is 7.44. The highest BCUT2D eigenvalue weighted by atomic mass is 19.1. The zero-order chi connectivity index (χ0) is 15.8. The van der Waals surface area contributed by atoms with E-state index < -0.39 is 0 Å². The average molecular weight is 313 g/mol. The summed E-state index contributed by atoms with van der Waals surface area (Å²) in [5.41, 5.74) is 7.94. The highest BCUT2D eigenvalue weighted by Gasteiger charge is 2.26. The van der Waals surface area contributed by atoms with E-state index in [4.69, 9.17) is 15.2 Å². The molecule has 2 aromatic rings. The Hall–Kier alpha value is -2.76. The molecule has 2 unspecified atom stereocenters. The number of guanidine groups is 1. The summed E-state index contributed by atoms with van der Waals surface area (Å²) >= 11 is 0. The molecule has 0 spiro atoms. The van der Waals surface area contributed by atoms with E-state index in [-0.39, 0.29) is 24.7 Å². The average Bonchev–Trinajstić information content (AvgIpc) is 3.02. The largest absolute Gasteiger partial charge is 0.454 e. The highest BCUT2D eigenvalue weighted by Crippen LogP contribution is 2.38. The van der Waals surface area contributed by atoms with Gasteiger partial charge in [-0.2, -0.15) is 0 Å². The Morgan fingerprint density at radius 1 is 1.04 bits per heavy atom. The number of aliphatic imine (C=N–C) groups is 1. The first-order chi connectivity index (χ1) is 11.2. The van der Waals surface area contributed by atoms with Gasteiger partial charge in [0, 0.05) is 0 Å². The third-order valence-corrected chi connectivity index (χ3v) is 4.13. The van der Waals surface area contributed by atoms with Gasteiger partial charge in [-0.15, -0.1) is 0 Å². The second-order valence-electron chi connectivity index (χ2n) is 5.63. The van der Waals surface area contributed by atoms with E-state index in [9.17, 15) is 4.39 Å². The number of nitrogens with zero attached hydrogens (tertiary/aromatic N) is 1. The summed E-state index contributed by atoms with van der Waals surface area (Å²) in [7, 11) is 0. The van der Waals surface area contributed by atoms with Crippen LogP contribution >= 0.6 is 0 Å². The van der Waals surface area contributed by atoms with Crippen LogP contribution in [0.4, 0.5) is 4.39 Å². The van der Waals surface area contributed by atoms with Crippen molar-refractivity contribution in [2.24, 2.45) is 10.7 Å². The minimum absolute atomic E-state index is 0.0106. The molecule has 0 bridgehead atoms. The molecule has 0 aliphatic carbocycles. The van der Waals surface area contributed by atoms with Crippen LogP contribution in [0.1, 0.15) is 29.6 Å². The van der Waals surface area contributed by atoms with Crippen LogP contribution in [0.25, 0.3) is 0 Å². The summed E-state index contributed by atoms with van der Waals surface area (Å²) < 4.78 is 23.9. The molecule has 0 amide bonds. The lowest BCUT2D eigenvalue weighted by Gasteiger charge is -2.29. The molecular formula is C17H16FN3O2. The molecule has 2 atom stereocenters. The number of fused-ring (bicyclic) bond motifs is 1. The van der Waals surface area contributed by atoms with Crippen molar-refractivity contribution in [1.29, 1.82) is 0 Å². The normalized spacial score (nSPS) is 22.4. The van der Waals surface area contributed by atoms with Gasteiger partial charge in [-0.25, -0.2) is 9.38 Å².